The summed E-state index contributed by atoms with van der Waals surface area (Å²) in [6.07, 6.45) is 0.365. The SMILES string of the molecule is O=C(OC[C@H]1O[C@@H](n2cc(C=CBr)c(=O)[nH]c2=O)C[C@@H]1O)c1ccc(Cl)cc1. The molecular formula is C18H16BrClN2O6. The van der Waals surface area contributed by atoms with Gasteiger partial charge >= 0.3 is 11.7 Å². The molecule has 0 radical (unpaired) electrons. The second-order valence-corrected chi connectivity index (χ2v) is 7.05. The van der Waals surface area contributed by atoms with Gasteiger partial charge in [-0.1, -0.05) is 27.5 Å². The summed E-state index contributed by atoms with van der Waals surface area (Å²) in [6.45, 7) is -0.189. The molecule has 1 fully saturated rings. The molecule has 2 aromatic rings. The van der Waals surface area contributed by atoms with Crippen LogP contribution in [0, 0.1) is 0 Å². The van der Waals surface area contributed by atoms with E-state index >= 15 is 0 Å². The van der Waals surface area contributed by atoms with Crippen molar-refractivity contribution in [1.82, 2.24) is 9.55 Å². The number of nitrogens with zero attached hydrogens (tertiary/aromatic N) is 1. The molecule has 8 nitrogen and oxygen atoms in total. The van der Waals surface area contributed by atoms with Gasteiger partial charge in [-0.3, -0.25) is 14.3 Å². The Kier molecular flexibility index (Phi) is 6.50. The van der Waals surface area contributed by atoms with Crippen LogP contribution in [0.25, 0.3) is 6.08 Å². The molecule has 3 atom stereocenters. The molecule has 0 spiro atoms. The maximum atomic E-state index is 12.1. The van der Waals surface area contributed by atoms with E-state index in [0.29, 0.717) is 10.6 Å². The van der Waals surface area contributed by atoms with Gasteiger partial charge in [0, 0.05) is 17.6 Å². The van der Waals surface area contributed by atoms with E-state index in [0.717, 1.165) is 0 Å². The number of carbonyl (C=O) groups excluding carboxylic acids is 1. The Morgan fingerprint density at radius 1 is 1.39 bits per heavy atom. The molecule has 2 N–H and O–H groups in total. The summed E-state index contributed by atoms with van der Waals surface area (Å²) in [4.78, 5) is 39.6. The molecule has 1 saturated heterocycles. The number of halogens is 2. The number of rotatable bonds is 5. The van der Waals surface area contributed by atoms with E-state index in [1.807, 2.05) is 0 Å². The first-order valence-electron chi connectivity index (χ1n) is 8.27. The second-order valence-electron chi connectivity index (χ2n) is 6.08. The van der Waals surface area contributed by atoms with Crippen LogP contribution in [0.1, 0.15) is 28.6 Å². The molecule has 1 aromatic carbocycles. The van der Waals surface area contributed by atoms with E-state index in [9.17, 15) is 19.5 Å². The molecule has 1 aromatic heterocycles. The van der Waals surface area contributed by atoms with Crippen molar-refractivity contribution < 1.29 is 19.4 Å². The van der Waals surface area contributed by atoms with Crippen LogP contribution in [0.4, 0.5) is 0 Å². The van der Waals surface area contributed by atoms with Gasteiger partial charge in [0.15, 0.2) is 0 Å². The van der Waals surface area contributed by atoms with Crippen molar-refractivity contribution in [3.8, 4) is 0 Å². The average Bonchev–Trinajstić information content (AvgIpc) is 3.03. The van der Waals surface area contributed by atoms with Gasteiger partial charge in [-0.2, -0.15) is 0 Å². The van der Waals surface area contributed by atoms with E-state index < -0.39 is 35.7 Å². The zero-order valence-electron chi connectivity index (χ0n) is 14.4. The summed E-state index contributed by atoms with van der Waals surface area (Å²) in [5, 5.41) is 10.7. The lowest BCUT2D eigenvalue weighted by Gasteiger charge is -2.16. The van der Waals surface area contributed by atoms with Crippen molar-refractivity contribution in [2.45, 2.75) is 24.9 Å². The molecule has 1 aliphatic heterocycles. The van der Waals surface area contributed by atoms with Crippen molar-refractivity contribution in [1.29, 1.82) is 0 Å². The van der Waals surface area contributed by atoms with Gasteiger partial charge in [0.1, 0.15) is 18.9 Å². The van der Waals surface area contributed by atoms with Gasteiger partial charge in [0.2, 0.25) is 0 Å². The number of esters is 1. The molecule has 0 amide bonds. The molecule has 10 heteroatoms. The van der Waals surface area contributed by atoms with Gasteiger partial charge in [-0.25, -0.2) is 9.59 Å². The number of H-pyrrole nitrogens is 1. The van der Waals surface area contributed by atoms with Crippen LogP contribution in [0.15, 0.2) is 45.0 Å². The van der Waals surface area contributed by atoms with Crippen molar-refractivity contribution in [3.63, 3.8) is 0 Å². The second kappa shape index (κ2) is 8.87. The third-order valence-electron chi connectivity index (χ3n) is 4.21. The predicted octanol–water partition coefficient (Wildman–Crippen LogP) is 2.06. The third kappa shape index (κ3) is 4.61. The largest absolute Gasteiger partial charge is 0.459 e. The highest BCUT2D eigenvalue weighted by Gasteiger charge is 2.36. The fraction of sp³-hybridized carbons (Fsp3) is 0.278. The van der Waals surface area contributed by atoms with Crippen molar-refractivity contribution in [2.24, 2.45) is 0 Å². The van der Waals surface area contributed by atoms with Crippen molar-refractivity contribution >= 4 is 39.6 Å². The van der Waals surface area contributed by atoms with Crippen LogP contribution in [-0.2, 0) is 9.47 Å². The summed E-state index contributed by atoms with van der Waals surface area (Å²) in [6, 6.07) is 6.18. The van der Waals surface area contributed by atoms with Crippen LogP contribution in [0.5, 0.6) is 0 Å². The predicted molar refractivity (Wildman–Crippen MR) is 106 cm³/mol. The maximum Gasteiger partial charge on any atom is 0.338 e. The third-order valence-corrected chi connectivity index (χ3v) is 4.73. The van der Waals surface area contributed by atoms with E-state index in [2.05, 4.69) is 20.9 Å². The van der Waals surface area contributed by atoms with Crippen LogP contribution < -0.4 is 11.2 Å². The van der Waals surface area contributed by atoms with Gasteiger partial charge in [-0.15, -0.1) is 0 Å². The topological polar surface area (TPSA) is 111 Å². The fourth-order valence-corrected chi connectivity index (χ4v) is 3.18. The molecular weight excluding hydrogens is 456 g/mol. The van der Waals surface area contributed by atoms with E-state index in [1.165, 1.54) is 34.0 Å². The molecule has 2 heterocycles. The maximum absolute atomic E-state index is 12.1. The number of hydrogen-bond acceptors (Lipinski definition) is 6. The monoisotopic (exact) mass is 470 g/mol. The summed E-state index contributed by atoms with van der Waals surface area (Å²) in [5.74, 6) is -0.582. The Hall–Kier alpha value is -2.20. The lowest BCUT2D eigenvalue weighted by Crippen LogP contribution is -2.33. The first kappa shape index (κ1) is 20.5. The number of ether oxygens (including phenoxy) is 2. The summed E-state index contributed by atoms with van der Waals surface area (Å²) >= 11 is 8.86. The molecule has 28 heavy (non-hydrogen) atoms. The molecule has 0 aliphatic carbocycles. The van der Waals surface area contributed by atoms with Crippen molar-refractivity contribution in [2.75, 3.05) is 6.61 Å². The Morgan fingerprint density at radius 2 is 2.11 bits per heavy atom. The first-order chi connectivity index (χ1) is 13.4. The van der Waals surface area contributed by atoms with Gasteiger partial charge in [0.25, 0.3) is 5.56 Å². The van der Waals surface area contributed by atoms with Crippen LogP contribution in [0.3, 0.4) is 0 Å². The highest BCUT2D eigenvalue weighted by Crippen LogP contribution is 2.28. The lowest BCUT2D eigenvalue weighted by atomic mass is 10.2. The number of benzene rings is 1. The van der Waals surface area contributed by atoms with Crippen LogP contribution in [0.2, 0.25) is 5.02 Å². The fourth-order valence-electron chi connectivity index (χ4n) is 2.76. The number of nitrogens with one attached hydrogen (secondary N) is 1. The smallest absolute Gasteiger partial charge is 0.338 e. The standard InChI is InChI=1S/C18H16BrClN2O6/c19-6-5-11-8-22(18(26)21-16(11)24)15-7-13(23)14(28-15)9-27-17(25)10-1-3-12(20)4-2-10/h1-6,8,13-15,23H,7,9H2,(H,21,24,26)/t13-,14+,15+/m0/s1. The first-order valence-corrected chi connectivity index (χ1v) is 9.57. The number of hydrogen-bond donors (Lipinski definition) is 2. The number of aliphatic hydroxyl groups excluding tert-OH is 1. The zero-order chi connectivity index (χ0) is 20.3. The quantitative estimate of drug-likeness (QED) is 0.646. The highest BCUT2D eigenvalue weighted by atomic mass is 79.9. The number of aromatic nitrogens is 2. The Labute approximate surface area is 172 Å². The van der Waals surface area contributed by atoms with Gasteiger partial charge < -0.3 is 14.6 Å². The molecule has 0 unspecified atom stereocenters. The molecule has 0 saturated carbocycles. The minimum atomic E-state index is -0.947. The summed E-state index contributed by atoms with van der Waals surface area (Å²) in [7, 11) is 0. The van der Waals surface area contributed by atoms with Crippen molar-refractivity contribution in [3.05, 3.63) is 72.4 Å². The zero-order valence-corrected chi connectivity index (χ0v) is 16.7. The number of aliphatic hydroxyl groups is 1. The Bertz CT molecular complexity index is 1000. The molecule has 1 aliphatic rings. The summed E-state index contributed by atoms with van der Waals surface area (Å²) < 4.78 is 12.1. The van der Waals surface area contributed by atoms with Gasteiger partial charge in [0.05, 0.1) is 17.2 Å². The normalized spacial score (nSPS) is 21.9. The molecule has 148 valence electrons. The summed E-state index contributed by atoms with van der Waals surface area (Å²) in [5.41, 5.74) is -0.639. The minimum Gasteiger partial charge on any atom is -0.459 e. The number of carbonyl (C=O) groups is 1. The Morgan fingerprint density at radius 3 is 2.79 bits per heavy atom. The van der Waals surface area contributed by atoms with Crippen LogP contribution in [-0.4, -0.2) is 39.4 Å². The highest BCUT2D eigenvalue weighted by molar-refractivity contribution is 9.11. The van der Waals surface area contributed by atoms with E-state index in [1.54, 1.807) is 12.1 Å². The minimum absolute atomic E-state index is 0.104. The van der Waals surface area contributed by atoms with Gasteiger partial charge in [-0.05, 0) is 35.3 Å². The average molecular weight is 472 g/mol. The molecule has 3 rings (SSSR count). The van der Waals surface area contributed by atoms with Crippen LogP contribution >= 0.6 is 27.5 Å². The molecule has 0 bridgehead atoms. The van der Waals surface area contributed by atoms with E-state index in [-0.39, 0.29) is 18.6 Å². The lowest BCUT2D eigenvalue weighted by molar-refractivity contribution is -0.0532. The number of aromatic amines is 1. The Balaban J connectivity index is 1.68. The van der Waals surface area contributed by atoms with E-state index in [4.69, 9.17) is 21.1 Å².